The molecule has 110 valence electrons. The van der Waals surface area contributed by atoms with Gasteiger partial charge in [0.1, 0.15) is 5.82 Å². The molecular weight excluding hydrogens is 261 g/mol. The van der Waals surface area contributed by atoms with Gasteiger partial charge in [0.25, 0.3) is 0 Å². The van der Waals surface area contributed by atoms with E-state index in [1.165, 1.54) is 6.07 Å². The largest absolute Gasteiger partial charge is 0.481 e. The van der Waals surface area contributed by atoms with E-state index in [1.54, 1.807) is 13.2 Å². The molecule has 1 aliphatic carbocycles. The lowest BCUT2D eigenvalue weighted by Crippen LogP contribution is -2.54. The highest BCUT2D eigenvalue weighted by Gasteiger charge is 2.47. The van der Waals surface area contributed by atoms with E-state index in [9.17, 15) is 9.18 Å². The van der Waals surface area contributed by atoms with Crippen molar-refractivity contribution in [3.8, 4) is 0 Å². The second-order valence-electron chi connectivity index (χ2n) is 5.53. The lowest BCUT2D eigenvalue weighted by atomic mass is 9.70. The lowest BCUT2D eigenvalue weighted by molar-refractivity contribution is -0.162. The number of halogens is 1. The number of carbonyl (C=O) groups is 1. The van der Waals surface area contributed by atoms with Crippen LogP contribution in [0.1, 0.15) is 24.0 Å². The molecule has 1 aromatic rings. The van der Waals surface area contributed by atoms with Crippen molar-refractivity contribution in [2.75, 3.05) is 13.7 Å². The first kappa shape index (κ1) is 14.9. The average Bonchev–Trinajstić information content (AvgIpc) is 2.34. The van der Waals surface area contributed by atoms with Gasteiger partial charge in [-0.3, -0.25) is 4.79 Å². The van der Waals surface area contributed by atoms with Gasteiger partial charge in [0, 0.05) is 25.8 Å². The zero-order valence-corrected chi connectivity index (χ0v) is 11.8. The zero-order valence-electron chi connectivity index (χ0n) is 11.8. The maximum Gasteiger partial charge on any atom is 0.306 e. The van der Waals surface area contributed by atoms with Gasteiger partial charge in [-0.1, -0.05) is 12.1 Å². The number of ether oxygens (including phenoxy) is 1. The minimum atomic E-state index is -0.776. The van der Waals surface area contributed by atoms with Crippen LogP contribution in [-0.2, 0) is 16.1 Å². The number of hydrogen-bond donors (Lipinski definition) is 2. The van der Waals surface area contributed by atoms with Crippen molar-refractivity contribution in [1.29, 1.82) is 0 Å². The summed E-state index contributed by atoms with van der Waals surface area (Å²) in [5.74, 6) is -1.32. The molecular formula is C15H20FNO3. The predicted octanol–water partition coefficient (Wildman–Crippen LogP) is 2.10. The Kier molecular flexibility index (Phi) is 4.40. The van der Waals surface area contributed by atoms with Gasteiger partial charge in [-0.05, 0) is 31.4 Å². The Balaban J connectivity index is 1.85. The summed E-state index contributed by atoms with van der Waals surface area (Å²) < 4.78 is 19.1. The highest BCUT2D eigenvalue weighted by molar-refractivity contribution is 5.71. The topological polar surface area (TPSA) is 58.6 Å². The molecule has 0 unspecified atom stereocenters. The molecule has 0 saturated heterocycles. The molecule has 1 aromatic carbocycles. The van der Waals surface area contributed by atoms with Crippen LogP contribution in [0.2, 0.25) is 0 Å². The zero-order chi connectivity index (χ0) is 14.8. The normalized spacial score (nSPS) is 25.2. The number of rotatable bonds is 6. The van der Waals surface area contributed by atoms with E-state index in [2.05, 4.69) is 5.32 Å². The number of aliphatic carboxylic acids is 1. The summed E-state index contributed by atoms with van der Waals surface area (Å²) in [4.78, 5) is 10.8. The summed E-state index contributed by atoms with van der Waals surface area (Å²) in [6, 6.07) is 5.14. The molecule has 20 heavy (non-hydrogen) atoms. The average molecular weight is 281 g/mol. The minimum absolute atomic E-state index is 0.221. The Hall–Kier alpha value is -1.46. The van der Waals surface area contributed by atoms with Crippen molar-refractivity contribution in [3.63, 3.8) is 0 Å². The van der Waals surface area contributed by atoms with E-state index in [-0.39, 0.29) is 11.7 Å². The Morgan fingerprint density at radius 1 is 1.55 bits per heavy atom. The van der Waals surface area contributed by atoms with Gasteiger partial charge >= 0.3 is 5.97 Å². The Morgan fingerprint density at radius 2 is 2.25 bits per heavy atom. The number of carboxylic acid groups (broad SMARTS) is 1. The third kappa shape index (κ3) is 3.16. The van der Waals surface area contributed by atoms with Crippen LogP contribution >= 0.6 is 0 Å². The smallest absolute Gasteiger partial charge is 0.306 e. The second-order valence-corrected chi connectivity index (χ2v) is 5.53. The summed E-state index contributed by atoms with van der Waals surface area (Å²) in [5, 5.41) is 12.1. The lowest BCUT2D eigenvalue weighted by Gasteiger charge is -2.44. The molecule has 1 aliphatic rings. The Morgan fingerprint density at radius 3 is 2.80 bits per heavy atom. The fraction of sp³-hybridized carbons (Fsp3) is 0.533. The van der Waals surface area contributed by atoms with E-state index in [0.29, 0.717) is 31.5 Å². The molecule has 5 heteroatoms. The van der Waals surface area contributed by atoms with Gasteiger partial charge in [0.15, 0.2) is 0 Å². The molecule has 2 rings (SSSR count). The van der Waals surface area contributed by atoms with E-state index < -0.39 is 11.6 Å². The molecule has 0 aliphatic heterocycles. The summed E-state index contributed by atoms with van der Waals surface area (Å²) in [6.07, 6.45) is 1.00. The third-order valence-corrected chi connectivity index (χ3v) is 3.99. The Bertz CT molecular complexity index is 498. The van der Waals surface area contributed by atoms with Gasteiger partial charge in [-0.2, -0.15) is 0 Å². The van der Waals surface area contributed by atoms with Crippen molar-refractivity contribution in [2.45, 2.75) is 31.9 Å². The molecule has 0 heterocycles. The monoisotopic (exact) mass is 281 g/mol. The molecule has 1 saturated carbocycles. The first-order chi connectivity index (χ1) is 9.46. The molecule has 1 fully saturated rings. The molecule has 0 radical (unpaired) electrons. The second kappa shape index (κ2) is 5.89. The van der Waals surface area contributed by atoms with E-state index >= 15 is 0 Å². The molecule has 0 atom stereocenters. The molecule has 4 nitrogen and oxygen atoms in total. The van der Waals surface area contributed by atoms with Gasteiger partial charge in [-0.15, -0.1) is 0 Å². The van der Waals surface area contributed by atoms with Crippen LogP contribution in [-0.4, -0.2) is 30.3 Å². The third-order valence-electron chi connectivity index (χ3n) is 3.99. The fourth-order valence-corrected chi connectivity index (χ4v) is 2.62. The first-order valence-electron chi connectivity index (χ1n) is 6.69. The van der Waals surface area contributed by atoms with Crippen molar-refractivity contribution in [1.82, 2.24) is 5.32 Å². The van der Waals surface area contributed by atoms with E-state index in [1.807, 2.05) is 13.0 Å². The fourth-order valence-electron chi connectivity index (χ4n) is 2.62. The number of methoxy groups -OCH3 is 1. The maximum atomic E-state index is 13.7. The van der Waals surface area contributed by atoms with Crippen LogP contribution in [0.25, 0.3) is 0 Å². The quantitative estimate of drug-likeness (QED) is 0.838. The van der Waals surface area contributed by atoms with Crippen LogP contribution in [0, 0.1) is 18.7 Å². The van der Waals surface area contributed by atoms with Gasteiger partial charge in [-0.25, -0.2) is 4.39 Å². The van der Waals surface area contributed by atoms with Crippen LogP contribution < -0.4 is 5.32 Å². The summed E-state index contributed by atoms with van der Waals surface area (Å²) >= 11 is 0. The highest BCUT2D eigenvalue weighted by atomic mass is 19.1. The molecule has 0 bridgehead atoms. The first-order valence-corrected chi connectivity index (χ1v) is 6.69. The van der Waals surface area contributed by atoms with Gasteiger partial charge < -0.3 is 15.2 Å². The van der Waals surface area contributed by atoms with Crippen LogP contribution in [0.5, 0.6) is 0 Å². The van der Waals surface area contributed by atoms with Gasteiger partial charge in [0.2, 0.25) is 0 Å². The number of aryl methyl sites for hydroxylation is 1. The van der Waals surface area contributed by atoms with Crippen LogP contribution in [0.3, 0.4) is 0 Å². The van der Waals surface area contributed by atoms with E-state index in [0.717, 1.165) is 5.56 Å². The number of nitrogens with one attached hydrogen (secondary N) is 1. The number of benzene rings is 1. The maximum absolute atomic E-state index is 13.7. The number of carboxylic acids is 1. The predicted molar refractivity (Wildman–Crippen MR) is 72.9 cm³/mol. The van der Waals surface area contributed by atoms with Crippen molar-refractivity contribution < 1.29 is 19.0 Å². The summed E-state index contributed by atoms with van der Waals surface area (Å²) in [6.45, 7) is 2.79. The van der Waals surface area contributed by atoms with Crippen molar-refractivity contribution in [3.05, 3.63) is 35.1 Å². The summed E-state index contributed by atoms with van der Waals surface area (Å²) in [7, 11) is 1.59. The standard InChI is InChI=1S/C15H20FNO3/c1-10-3-4-11(13(16)5-10)8-17-9-15(20-2)6-12(7-15)14(18)19/h3-5,12,17H,6-9H2,1-2H3,(H,18,19). The van der Waals surface area contributed by atoms with Crippen molar-refractivity contribution in [2.24, 2.45) is 5.92 Å². The molecule has 0 amide bonds. The van der Waals surface area contributed by atoms with Crippen molar-refractivity contribution >= 4 is 5.97 Å². The summed E-state index contributed by atoms with van der Waals surface area (Å²) in [5.41, 5.74) is 1.07. The molecule has 2 N–H and O–H groups in total. The number of hydrogen-bond acceptors (Lipinski definition) is 3. The van der Waals surface area contributed by atoms with Crippen LogP contribution in [0.4, 0.5) is 4.39 Å². The van der Waals surface area contributed by atoms with Crippen LogP contribution in [0.15, 0.2) is 18.2 Å². The minimum Gasteiger partial charge on any atom is -0.481 e. The highest BCUT2D eigenvalue weighted by Crippen LogP contribution is 2.40. The Labute approximate surface area is 117 Å². The molecule has 0 spiro atoms. The van der Waals surface area contributed by atoms with E-state index in [4.69, 9.17) is 9.84 Å². The van der Waals surface area contributed by atoms with Gasteiger partial charge in [0.05, 0.1) is 11.5 Å². The molecule has 0 aromatic heterocycles. The SMILES string of the molecule is COC1(CNCc2ccc(C)cc2F)CC(C(=O)O)C1.